The summed E-state index contributed by atoms with van der Waals surface area (Å²) in [5.74, 6) is -1.92. The first kappa shape index (κ1) is 37.4. The second-order valence-electron chi connectivity index (χ2n) is 14.0. The van der Waals surface area contributed by atoms with E-state index < -0.39 is 5.92 Å². The van der Waals surface area contributed by atoms with Gasteiger partial charge in [-0.3, -0.25) is 14.5 Å². The quantitative estimate of drug-likeness (QED) is 0.132. The summed E-state index contributed by atoms with van der Waals surface area (Å²) < 4.78 is 22.6. The van der Waals surface area contributed by atoms with Crippen LogP contribution in [0.3, 0.4) is 0 Å². The van der Waals surface area contributed by atoms with Crippen LogP contribution in [-0.4, -0.2) is 76.4 Å². The molecule has 2 aliphatic rings. The van der Waals surface area contributed by atoms with Crippen LogP contribution < -0.4 is 21.3 Å². The lowest BCUT2D eigenvalue weighted by atomic mass is 9.99. The minimum atomic E-state index is -0.888. The number of ether oxygens (including phenoxy) is 1. The predicted molar refractivity (Wildman–Crippen MR) is 202 cm³/mol. The van der Waals surface area contributed by atoms with Crippen molar-refractivity contribution < 1.29 is 18.7 Å². The Balaban J connectivity index is 1.12. The molecule has 4 heterocycles. The maximum absolute atomic E-state index is 15.2. The maximum atomic E-state index is 15.2. The molecule has 2 fully saturated rings. The number of nitrogens with one attached hydrogen (secondary N) is 4. The van der Waals surface area contributed by atoms with Gasteiger partial charge in [0.05, 0.1) is 17.3 Å². The summed E-state index contributed by atoms with van der Waals surface area (Å²) in [6.45, 7) is 14.3. The van der Waals surface area contributed by atoms with Crippen LogP contribution in [0.1, 0.15) is 69.3 Å². The summed E-state index contributed by atoms with van der Waals surface area (Å²) >= 11 is 0. The van der Waals surface area contributed by atoms with E-state index in [0.29, 0.717) is 44.2 Å². The van der Waals surface area contributed by atoms with Crippen molar-refractivity contribution in [1.29, 1.82) is 0 Å². The number of halogens is 1. The van der Waals surface area contributed by atoms with Gasteiger partial charge >= 0.3 is 0 Å². The van der Waals surface area contributed by atoms with Crippen molar-refractivity contribution in [2.24, 2.45) is 5.92 Å². The molecule has 2 aromatic carbocycles. The predicted octanol–water partition coefficient (Wildman–Crippen LogP) is 5.16. The number of fused-ring (bicyclic) bond motifs is 1. The molecule has 6 rings (SSSR count). The Bertz CT molecular complexity index is 1860. The summed E-state index contributed by atoms with van der Waals surface area (Å²) in [4.78, 5) is 34.4. The van der Waals surface area contributed by atoms with Gasteiger partial charge in [-0.15, -0.1) is 0 Å². The number of aromatic nitrogens is 3. The highest BCUT2D eigenvalue weighted by Gasteiger charge is 2.27. The van der Waals surface area contributed by atoms with Crippen molar-refractivity contribution in [2.75, 3.05) is 38.2 Å². The van der Waals surface area contributed by atoms with Crippen molar-refractivity contribution in [3.63, 3.8) is 0 Å². The van der Waals surface area contributed by atoms with E-state index >= 15 is 4.39 Å². The van der Waals surface area contributed by atoms with Crippen molar-refractivity contribution >= 4 is 28.5 Å². The molecule has 2 aromatic heterocycles. The molecule has 0 aliphatic carbocycles. The van der Waals surface area contributed by atoms with Gasteiger partial charge in [-0.2, -0.15) is 5.10 Å². The first-order valence-electron chi connectivity index (χ1n) is 18.9. The van der Waals surface area contributed by atoms with Gasteiger partial charge in [0.1, 0.15) is 11.7 Å². The highest BCUT2D eigenvalue weighted by atomic mass is 19.1. The van der Waals surface area contributed by atoms with Crippen LogP contribution in [-0.2, 0) is 46.9 Å². The highest BCUT2D eigenvalue weighted by molar-refractivity contribution is 6.00. The van der Waals surface area contributed by atoms with Crippen molar-refractivity contribution in [2.45, 2.75) is 91.6 Å². The zero-order valence-corrected chi connectivity index (χ0v) is 30.9. The minimum absolute atomic E-state index is 0.176. The molecule has 0 radical (unpaired) electrons. The molecule has 0 bridgehead atoms. The number of pyridine rings is 1. The summed E-state index contributed by atoms with van der Waals surface area (Å²) in [5.41, 5.74) is 6.70. The largest absolute Gasteiger partial charge is 0.381 e. The van der Waals surface area contributed by atoms with Gasteiger partial charge in [-0.25, -0.2) is 14.1 Å². The van der Waals surface area contributed by atoms with Crippen LogP contribution in [0.2, 0.25) is 0 Å². The molecular formula is C40H53FN8O3. The van der Waals surface area contributed by atoms with Gasteiger partial charge in [0.15, 0.2) is 5.65 Å². The third kappa shape index (κ3) is 8.79. The van der Waals surface area contributed by atoms with Crippen LogP contribution in [0.15, 0.2) is 48.7 Å². The first-order valence-corrected chi connectivity index (χ1v) is 18.9. The molecule has 4 N–H and O–H groups in total. The lowest BCUT2D eigenvalue weighted by Crippen LogP contribution is -2.48. The Morgan fingerprint density at radius 3 is 2.56 bits per heavy atom. The number of amides is 2. The molecule has 1 unspecified atom stereocenters. The molecule has 0 saturated carbocycles. The van der Waals surface area contributed by atoms with Crippen LogP contribution in [0.25, 0.3) is 22.2 Å². The van der Waals surface area contributed by atoms with Gasteiger partial charge in [0.25, 0.3) is 0 Å². The minimum Gasteiger partial charge on any atom is -0.381 e. The van der Waals surface area contributed by atoms with E-state index in [9.17, 15) is 9.59 Å². The van der Waals surface area contributed by atoms with E-state index in [1.807, 2.05) is 42.9 Å². The summed E-state index contributed by atoms with van der Waals surface area (Å²) in [6, 6.07) is 13.6. The fraction of sp³-hybridized carbons (Fsp3) is 0.500. The smallest absolute Gasteiger partial charge is 0.232 e. The number of anilines is 1. The van der Waals surface area contributed by atoms with Gasteiger partial charge in [0.2, 0.25) is 11.8 Å². The van der Waals surface area contributed by atoms with E-state index in [4.69, 9.17) is 9.72 Å². The fourth-order valence-corrected chi connectivity index (χ4v) is 7.36. The van der Waals surface area contributed by atoms with Gasteiger partial charge in [-0.1, -0.05) is 38.1 Å². The van der Waals surface area contributed by atoms with Crippen LogP contribution in [0.5, 0.6) is 0 Å². The number of piperazine rings is 1. The first-order chi connectivity index (χ1) is 25.3. The van der Waals surface area contributed by atoms with E-state index in [1.54, 1.807) is 12.1 Å². The van der Waals surface area contributed by atoms with Crippen LogP contribution in [0, 0.1) is 11.7 Å². The van der Waals surface area contributed by atoms with Crippen molar-refractivity contribution in [3.8, 4) is 11.1 Å². The van der Waals surface area contributed by atoms with Crippen molar-refractivity contribution in [1.82, 2.24) is 35.6 Å². The molecule has 2 aliphatic heterocycles. The van der Waals surface area contributed by atoms with E-state index in [-0.39, 0.29) is 36.8 Å². The van der Waals surface area contributed by atoms with Crippen LogP contribution in [0.4, 0.5) is 10.1 Å². The number of carbonyl (C=O) groups excluding carboxylic acids is 2. The molecule has 0 spiro atoms. The Morgan fingerprint density at radius 1 is 1.04 bits per heavy atom. The third-order valence-corrected chi connectivity index (χ3v) is 10.3. The molecule has 2 saturated heterocycles. The van der Waals surface area contributed by atoms with Crippen molar-refractivity contribution in [3.05, 3.63) is 76.9 Å². The number of carbonyl (C=O) groups is 2. The van der Waals surface area contributed by atoms with Crippen LogP contribution >= 0.6 is 0 Å². The summed E-state index contributed by atoms with van der Waals surface area (Å²) in [5, 5.41) is 18.7. The second-order valence-corrected chi connectivity index (χ2v) is 14.0. The molecule has 2 atom stereocenters. The lowest BCUT2D eigenvalue weighted by Gasteiger charge is -2.31. The number of benzene rings is 2. The lowest BCUT2D eigenvalue weighted by molar-refractivity contribution is -0.135. The standard InChI is InChI=1S/C40H53FN8O3/c1-5-31(40(51)44-22-33-36(6-2)47-38-34(23-45-49(38)7-3)37(33)46-30-13-17-52-18-14-30)39(50)43-21-27-11-12-35(41)32(20-27)29-10-8-9-28(19-29)25-48-16-15-42-26(4)24-48/h8-12,19-20,23,26,30-31,42H,5-7,13-18,21-22,24-25H2,1-4H3,(H,43,50)(H,44,51)(H,46,47)/t26-,31?/m0/s1. The monoisotopic (exact) mass is 712 g/mol. The maximum Gasteiger partial charge on any atom is 0.232 e. The van der Waals surface area contributed by atoms with Gasteiger partial charge in [-0.05, 0) is 74.4 Å². The number of hydrogen-bond acceptors (Lipinski definition) is 8. The van der Waals surface area contributed by atoms with E-state index in [0.717, 1.165) is 83.7 Å². The Kier molecular flexibility index (Phi) is 12.5. The molecule has 2 amide bonds. The molecule has 278 valence electrons. The number of nitrogens with zero attached hydrogens (tertiary/aromatic N) is 4. The topological polar surface area (TPSA) is 125 Å². The molecule has 12 heteroatoms. The molecular weight excluding hydrogens is 659 g/mol. The van der Waals surface area contributed by atoms with Gasteiger partial charge in [0, 0.05) is 87.9 Å². The Labute approximate surface area is 306 Å². The number of rotatable bonds is 14. The highest BCUT2D eigenvalue weighted by Crippen LogP contribution is 2.31. The van der Waals surface area contributed by atoms with E-state index in [2.05, 4.69) is 51.2 Å². The normalized spacial score (nSPS) is 17.6. The number of aryl methyl sites for hydroxylation is 2. The number of hydrogen-bond donors (Lipinski definition) is 4. The van der Waals surface area contributed by atoms with E-state index in [1.165, 1.54) is 6.07 Å². The second kappa shape index (κ2) is 17.4. The zero-order chi connectivity index (χ0) is 36.6. The zero-order valence-electron chi connectivity index (χ0n) is 30.9. The SMILES string of the molecule is CCc1nc2c(cnn2CC)c(NC2CCOCC2)c1CNC(=O)C(CC)C(=O)NCc1ccc(F)c(-c2cccc(CN3CCN[C@@H](C)C3)c2)c1. The summed E-state index contributed by atoms with van der Waals surface area (Å²) in [6.07, 6.45) is 4.62. The third-order valence-electron chi connectivity index (χ3n) is 10.3. The fourth-order valence-electron chi connectivity index (χ4n) is 7.36. The Morgan fingerprint density at radius 2 is 1.83 bits per heavy atom. The average molecular weight is 713 g/mol. The van der Waals surface area contributed by atoms with Gasteiger partial charge < -0.3 is 26.0 Å². The Hall–Kier alpha value is -4.39. The molecule has 52 heavy (non-hydrogen) atoms. The summed E-state index contributed by atoms with van der Waals surface area (Å²) in [7, 11) is 0. The molecule has 4 aromatic rings. The average Bonchev–Trinajstić information content (AvgIpc) is 3.57. The molecule has 11 nitrogen and oxygen atoms in total.